The van der Waals surface area contributed by atoms with Gasteiger partial charge in [0.2, 0.25) is 11.8 Å². The topological polar surface area (TPSA) is 58.6 Å². The number of nitrogens with zero attached hydrogens (tertiary/aromatic N) is 1. The molecular formula is C19H26N2O3. The van der Waals surface area contributed by atoms with Crippen molar-refractivity contribution in [3.8, 4) is 0 Å². The number of nitrogens with one attached hydrogen (secondary N) is 1. The smallest absolute Gasteiger partial charge is 0.225 e. The van der Waals surface area contributed by atoms with Crippen LogP contribution >= 0.6 is 0 Å². The maximum absolute atomic E-state index is 12.1. The van der Waals surface area contributed by atoms with Crippen LogP contribution in [0.25, 0.3) is 0 Å². The summed E-state index contributed by atoms with van der Waals surface area (Å²) in [7, 11) is 0. The first-order valence-electron chi connectivity index (χ1n) is 8.93. The Bertz CT molecular complexity index is 557. The number of carbonyl (C=O) groups is 2. The Labute approximate surface area is 143 Å². The number of ether oxygens (including phenoxy) is 1. The highest BCUT2D eigenvalue weighted by molar-refractivity contribution is 5.89. The fourth-order valence-corrected chi connectivity index (χ4v) is 3.11. The summed E-state index contributed by atoms with van der Waals surface area (Å²) in [5.74, 6) is -0.0187. The van der Waals surface area contributed by atoms with E-state index in [1.54, 1.807) is 0 Å². The fourth-order valence-electron chi connectivity index (χ4n) is 3.11. The molecule has 1 aliphatic carbocycles. The van der Waals surface area contributed by atoms with E-state index in [-0.39, 0.29) is 17.7 Å². The van der Waals surface area contributed by atoms with Crippen molar-refractivity contribution in [2.45, 2.75) is 38.1 Å². The summed E-state index contributed by atoms with van der Waals surface area (Å²) in [5.41, 5.74) is 1.27. The van der Waals surface area contributed by atoms with E-state index in [0.29, 0.717) is 38.8 Å². The monoisotopic (exact) mass is 330 g/mol. The van der Waals surface area contributed by atoms with Gasteiger partial charge in [-0.2, -0.15) is 0 Å². The molecule has 1 saturated heterocycles. The molecule has 1 aromatic rings. The predicted octanol–water partition coefficient (Wildman–Crippen LogP) is 1.76. The van der Waals surface area contributed by atoms with Gasteiger partial charge in [-0.15, -0.1) is 0 Å². The molecule has 1 unspecified atom stereocenters. The van der Waals surface area contributed by atoms with Gasteiger partial charge in [-0.25, -0.2) is 0 Å². The molecule has 1 N–H and O–H groups in total. The zero-order valence-electron chi connectivity index (χ0n) is 14.1. The molecule has 0 bridgehead atoms. The lowest BCUT2D eigenvalue weighted by atomic mass is 10.1. The first kappa shape index (κ1) is 17.0. The van der Waals surface area contributed by atoms with E-state index in [1.165, 1.54) is 5.56 Å². The largest absolute Gasteiger partial charge is 0.381 e. The van der Waals surface area contributed by atoms with Crippen molar-refractivity contribution >= 4 is 11.8 Å². The second-order valence-electron chi connectivity index (χ2n) is 6.67. The average molecular weight is 330 g/mol. The molecule has 1 heterocycles. The molecule has 0 radical (unpaired) electrons. The van der Waals surface area contributed by atoms with Gasteiger partial charge in [-0.3, -0.25) is 9.59 Å². The highest BCUT2D eigenvalue weighted by Gasteiger charge is 2.41. The molecular weight excluding hydrogens is 304 g/mol. The summed E-state index contributed by atoms with van der Waals surface area (Å²) < 4.78 is 5.61. The van der Waals surface area contributed by atoms with Crippen molar-refractivity contribution in [1.29, 1.82) is 0 Å². The van der Waals surface area contributed by atoms with Gasteiger partial charge in [-0.05, 0) is 31.2 Å². The summed E-state index contributed by atoms with van der Waals surface area (Å²) in [5, 5.41) is 2.94. The van der Waals surface area contributed by atoms with Crippen LogP contribution in [0.3, 0.4) is 0 Å². The van der Waals surface area contributed by atoms with E-state index in [1.807, 2.05) is 23.1 Å². The zero-order chi connectivity index (χ0) is 16.8. The van der Waals surface area contributed by atoms with Gasteiger partial charge in [0.15, 0.2) is 0 Å². The Balaban J connectivity index is 1.23. The molecule has 2 aliphatic rings. The van der Waals surface area contributed by atoms with Gasteiger partial charge in [0, 0.05) is 32.2 Å². The van der Waals surface area contributed by atoms with Crippen LogP contribution in [0.1, 0.15) is 31.2 Å². The first-order chi connectivity index (χ1) is 11.7. The normalized spacial score (nSPS) is 20.4. The van der Waals surface area contributed by atoms with Crippen molar-refractivity contribution in [2.24, 2.45) is 5.92 Å². The van der Waals surface area contributed by atoms with Crippen LogP contribution in [0.5, 0.6) is 0 Å². The zero-order valence-corrected chi connectivity index (χ0v) is 14.1. The number of hydrogen-bond acceptors (Lipinski definition) is 3. The van der Waals surface area contributed by atoms with Gasteiger partial charge in [0.25, 0.3) is 0 Å². The molecule has 1 atom stereocenters. The van der Waals surface area contributed by atoms with Crippen molar-refractivity contribution in [2.75, 3.05) is 26.3 Å². The Morgan fingerprint density at radius 1 is 1.21 bits per heavy atom. The molecule has 1 aliphatic heterocycles. The minimum Gasteiger partial charge on any atom is -0.381 e. The Morgan fingerprint density at radius 2 is 2.00 bits per heavy atom. The van der Waals surface area contributed by atoms with Crippen molar-refractivity contribution in [3.63, 3.8) is 0 Å². The Kier molecular flexibility index (Phi) is 5.86. The van der Waals surface area contributed by atoms with Crippen molar-refractivity contribution in [1.82, 2.24) is 10.2 Å². The summed E-state index contributed by atoms with van der Waals surface area (Å²) in [6.07, 6.45) is 4.28. The highest BCUT2D eigenvalue weighted by Crippen LogP contribution is 2.32. The summed E-state index contributed by atoms with van der Waals surface area (Å²) in [4.78, 5) is 25.9. The maximum atomic E-state index is 12.1. The quantitative estimate of drug-likeness (QED) is 0.702. The maximum Gasteiger partial charge on any atom is 0.225 e. The SMILES string of the molecule is O=C(NCCCOCCc1ccccc1)C1CC(=O)N(C2CC2)C1. The van der Waals surface area contributed by atoms with E-state index < -0.39 is 0 Å². The number of hydrogen-bond donors (Lipinski definition) is 1. The third-order valence-corrected chi connectivity index (χ3v) is 4.66. The Hall–Kier alpha value is -1.88. The molecule has 1 saturated carbocycles. The first-order valence-corrected chi connectivity index (χ1v) is 8.93. The number of benzene rings is 1. The molecule has 1 aromatic carbocycles. The van der Waals surface area contributed by atoms with Gasteiger partial charge in [-0.1, -0.05) is 30.3 Å². The van der Waals surface area contributed by atoms with Gasteiger partial charge >= 0.3 is 0 Å². The standard InChI is InChI=1S/C19H26N2O3/c22-18-13-16(14-21(18)17-7-8-17)19(23)20-10-4-11-24-12-9-15-5-2-1-3-6-15/h1-3,5-6,16-17H,4,7-14H2,(H,20,23). The fraction of sp³-hybridized carbons (Fsp3) is 0.579. The molecule has 24 heavy (non-hydrogen) atoms. The van der Waals surface area contributed by atoms with Crippen LogP contribution in [0.2, 0.25) is 0 Å². The Morgan fingerprint density at radius 3 is 2.75 bits per heavy atom. The average Bonchev–Trinajstić information content (AvgIpc) is 3.36. The third-order valence-electron chi connectivity index (χ3n) is 4.66. The molecule has 5 nitrogen and oxygen atoms in total. The van der Waals surface area contributed by atoms with E-state index in [2.05, 4.69) is 17.4 Å². The molecule has 0 spiro atoms. The van der Waals surface area contributed by atoms with E-state index in [4.69, 9.17) is 4.74 Å². The second-order valence-corrected chi connectivity index (χ2v) is 6.67. The number of likely N-dealkylation sites (tertiary alicyclic amines) is 1. The van der Waals surface area contributed by atoms with Crippen molar-refractivity contribution < 1.29 is 14.3 Å². The summed E-state index contributed by atoms with van der Waals surface area (Å²) >= 11 is 0. The lowest BCUT2D eigenvalue weighted by molar-refractivity contribution is -0.129. The van der Waals surface area contributed by atoms with Crippen LogP contribution in [-0.2, 0) is 20.7 Å². The molecule has 3 rings (SSSR count). The number of carbonyl (C=O) groups excluding carboxylic acids is 2. The second kappa shape index (κ2) is 8.29. The van der Waals surface area contributed by atoms with Crippen LogP contribution in [-0.4, -0.2) is 49.1 Å². The minimum atomic E-state index is -0.169. The van der Waals surface area contributed by atoms with E-state index in [9.17, 15) is 9.59 Å². The molecule has 130 valence electrons. The number of rotatable bonds is 9. The number of amides is 2. The van der Waals surface area contributed by atoms with E-state index >= 15 is 0 Å². The van der Waals surface area contributed by atoms with Crippen LogP contribution in [0, 0.1) is 5.92 Å². The van der Waals surface area contributed by atoms with Crippen LogP contribution in [0.15, 0.2) is 30.3 Å². The minimum absolute atomic E-state index is 0.00999. The molecule has 2 amide bonds. The highest BCUT2D eigenvalue weighted by atomic mass is 16.5. The van der Waals surface area contributed by atoms with Crippen LogP contribution in [0.4, 0.5) is 0 Å². The third kappa shape index (κ3) is 4.81. The van der Waals surface area contributed by atoms with Gasteiger partial charge in [0.1, 0.15) is 0 Å². The summed E-state index contributed by atoms with van der Waals surface area (Å²) in [6.45, 7) is 2.55. The molecule has 5 heteroatoms. The molecule has 2 fully saturated rings. The van der Waals surface area contributed by atoms with Crippen LogP contribution < -0.4 is 5.32 Å². The lowest BCUT2D eigenvalue weighted by Crippen LogP contribution is -2.34. The van der Waals surface area contributed by atoms with Crippen molar-refractivity contribution in [3.05, 3.63) is 35.9 Å². The summed E-state index contributed by atoms with van der Waals surface area (Å²) in [6, 6.07) is 10.7. The predicted molar refractivity (Wildman–Crippen MR) is 91.4 cm³/mol. The van der Waals surface area contributed by atoms with E-state index in [0.717, 1.165) is 25.7 Å². The van der Waals surface area contributed by atoms with Gasteiger partial charge < -0.3 is 15.0 Å². The molecule has 0 aromatic heterocycles. The lowest BCUT2D eigenvalue weighted by Gasteiger charge is -2.15. The van der Waals surface area contributed by atoms with Gasteiger partial charge in [0.05, 0.1) is 12.5 Å².